The van der Waals surface area contributed by atoms with Crippen molar-refractivity contribution in [1.82, 2.24) is 15.2 Å². The molecule has 3 rings (SSSR count). The van der Waals surface area contributed by atoms with Crippen molar-refractivity contribution >= 4 is 34.2 Å². The fourth-order valence-electron chi connectivity index (χ4n) is 2.90. The molecule has 1 saturated heterocycles. The summed E-state index contributed by atoms with van der Waals surface area (Å²) in [5, 5.41) is 4.40. The van der Waals surface area contributed by atoms with Crippen molar-refractivity contribution < 1.29 is 9.59 Å². The van der Waals surface area contributed by atoms with Crippen LogP contribution in [0.3, 0.4) is 0 Å². The molecule has 1 fully saturated rings. The van der Waals surface area contributed by atoms with Crippen molar-refractivity contribution in [2.45, 2.75) is 19.9 Å². The molecule has 0 bridgehead atoms. The Bertz CT molecular complexity index is 753. The van der Waals surface area contributed by atoms with E-state index in [1.165, 1.54) is 6.92 Å². The molecule has 1 atom stereocenters. The summed E-state index contributed by atoms with van der Waals surface area (Å²) in [6.45, 7) is 5.72. The maximum atomic E-state index is 12.8. The van der Waals surface area contributed by atoms with E-state index in [1.807, 2.05) is 11.8 Å². The first-order chi connectivity index (χ1) is 10.5. The number of carbonyl (C=O) groups is 2. The summed E-state index contributed by atoms with van der Waals surface area (Å²) in [6.07, 6.45) is 1.66. The van der Waals surface area contributed by atoms with E-state index in [0.717, 1.165) is 24.0 Å². The third kappa shape index (κ3) is 2.51. The van der Waals surface area contributed by atoms with Gasteiger partial charge in [-0.3, -0.25) is 9.59 Å². The van der Waals surface area contributed by atoms with Crippen LogP contribution in [0.1, 0.15) is 34.6 Å². The Hall–Kier alpha value is -1.85. The molecule has 2 heterocycles. The number of nitrogens with one attached hydrogen (secondary N) is 2. The molecule has 116 valence electrons. The predicted octanol–water partition coefficient (Wildman–Crippen LogP) is 2.46. The van der Waals surface area contributed by atoms with Gasteiger partial charge in [-0.25, -0.2) is 0 Å². The highest BCUT2D eigenvalue weighted by Crippen LogP contribution is 2.28. The minimum atomic E-state index is -0.0865. The Kier molecular flexibility index (Phi) is 3.93. The third-order valence-corrected chi connectivity index (χ3v) is 4.45. The van der Waals surface area contributed by atoms with E-state index >= 15 is 0 Å². The summed E-state index contributed by atoms with van der Waals surface area (Å²) in [5.41, 5.74) is 1.79. The number of ketones is 1. The largest absolute Gasteiger partial charge is 0.360 e. The second-order valence-electron chi connectivity index (χ2n) is 5.69. The summed E-state index contributed by atoms with van der Waals surface area (Å²) < 4.78 is 0. The van der Waals surface area contributed by atoms with Crippen molar-refractivity contribution in [1.29, 1.82) is 0 Å². The number of aromatic nitrogens is 1. The minimum Gasteiger partial charge on any atom is -0.360 e. The number of piperazine rings is 1. The molecule has 5 nitrogen and oxygen atoms in total. The number of hydrogen-bond acceptors (Lipinski definition) is 3. The van der Waals surface area contributed by atoms with Gasteiger partial charge in [-0.15, -0.1) is 0 Å². The quantitative estimate of drug-likeness (QED) is 0.836. The monoisotopic (exact) mass is 319 g/mol. The molecule has 1 aliphatic heterocycles. The Morgan fingerprint density at radius 1 is 1.32 bits per heavy atom. The topological polar surface area (TPSA) is 65.2 Å². The number of amides is 1. The molecular weight excluding hydrogens is 302 g/mol. The number of nitrogens with zero attached hydrogens (tertiary/aromatic N) is 1. The molecule has 1 aromatic heterocycles. The number of H-pyrrole nitrogens is 1. The first kappa shape index (κ1) is 15.1. The van der Waals surface area contributed by atoms with E-state index in [9.17, 15) is 9.59 Å². The normalized spacial score (nSPS) is 18.7. The van der Waals surface area contributed by atoms with Gasteiger partial charge in [-0.2, -0.15) is 0 Å². The summed E-state index contributed by atoms with van der Waals surface area (Å²) in [6, 6.07) is 3.55. The fourth-order valence-corrected chi connectivity index (χ4v) is 3.14. The maximum absolute atomic E-state index is 12.8. The van der Waals surface area contributed by atoms with Crippen LogP contribution in [0, 0.1) is 0 Å². The zero-order valence-electron chi connectivity index (χ0n) is 12.6. The zero-order valence-corrected chi connectivity index (χ0v) is 13.3. The van der Waals surface area contributed by atoms with E-state index in [4.69, 9.17) is 11.6 Å². The molecule has 2 N–H and O–H groups in total. The molecule has 6 heteroatoms. The number of fused-ring (bicyclic) bond motifs is 1. The van der Waals surface area contributed by atoms with Gasteiger partial charge in [0.15, 0.2) is 5.78 Å². The highest BCUT2D eigenvalue weighted by atomic mass is 35.5. The van der Waals surface area contributed by atoms with E-state index in [0.29, 0.717) is 22.7 Å². The molecule has 0 radical (unpaired) electrons. The van der Waals surface area contributed by atoms with Gasteiger partial charge in [0, 0.05) is 48.3 Å². The van der Waals surface area contributed by atoms with Crippen molar-refractivity contribution in [3.8, 4) is 0 Å². The number of halogens is 1. The van der Waals surface area contributed by atoms with Gasteiger partial charge in [0.25, 0.3) is 5.91 Å². The van der Waals surface area contributed by atoms with Crippen molar-refractivity contribution in [2.24, 2.45) is 0 Å². The number of hydrogen-bond donors (Lipinski definition) is 2. The van der Waals surface area contributed by atoms with Crippen LogP contribution in [0.15, 0.2) is 18.3 Å². The van der Waals surface area contributed by atoms with Crippen LogP contribution in [0.4, 0.5) is 0 Å². The highest BCUT2D eigenvalue weighted by molar-refractivity contribution is 6.35. The van der Waals surface area contributed by atoms with Crippen LogP contribution in [0.25, 0.3) is 10.9 Å². The molecule has 2 aromatic rings. The Labute approximate surface area is 133 Å². The lowest BCUT2D eigenvalue weighted by molar-refractivity contribution is 0.0656. The lowest BCUT2D eigenvalue weighted by atomic mass is 10.1. The Morgan fingerprint density at radius 2 is 2.09 bits per heavy atom. The fraction of sp³-hybridized carbons (Fsp3) is 0.375. The molecule has 0 aliphatic carbocycles. The first-order valence-electron chi connectivity index (χ1n) is 7.32. The van der Waals surface area contributed by atoms with Crippen LogP contribution in [-0.2, 0) is 0 Å². The predicted molar refractivity (Wildman–Crippen MR) is 86.7 cm³/mol. The Morgan fingerprint density at radius 3 is 2.77 bits per heavy atom. The van der Waals surface area contributed by atoms with Gasteiger partial charge in [-0.05, 0) is 26.0 Å². The summed E-state index contributed by atoms with van der Waals surface area (Å²) in [4.78, 5) is 29.3. The molecule has 0 saturated carbocycles. The molecule has 1 amide bonds. The van der Waals surface area contributed by atoms with E-state index in [1.54, 1.807) is 18.3 Å². The van der Waals surface area contributed by atoms with Crippen LogP contribution in [-0.4, -0.2) is 47.3 Å². The highest BCUT2D eigenvalue weighted by Gasteiger charge is 2.26. The second-order valence-corrected chi connectivity index (χ2v) is 6.10. The van der Waals surface area contributed by atoms with Gasteiger partial charge < -0.3 is 15.2 Å². The van der Waals surface area contributed by atoms with E-state index in [-0.39, 0.29) is 17.7 Å². The van der Waals surface area contributed by atoms with Crippen molar-refractivity contribution in [2.75, 3.05) is 19.6 Å². The Balaban J connectivity index is 2.05. The van der Waals surface area contributed by atoms with Crippen molar-refractivity contribution in [3.63, 3.8) is 0 Å². The summed E-state index contributed by atoms with van der Waals surface area (Å²) in [7, 11) is 0. The lowest BCUT2D eigenvalue weighted by Gasteiger charge is -2.34. The average Bonchev–Trinajstić information content (AvgIpc) is 2.89. The molecule has 1 aliphatic rings. The molecule has 0 spiro atoms. The van der Waals surface area contributed by atoms with Gasteiger partial charge >= 0.3 is 0 Å². The molecule has 1 aromatic carbocycles. The maximum Gasteiger partial charge on any atom is 0.255 e. The van der Waals surface area contributed by atoms with E-state index in [2.05, 4.69) is 10.3 Å². The summed E-state index contributed by atoms with van der Waals surface area (Å²) in [5.74, 6) is -0.126. The smallest absolute Gasteiger partial charge is 0.255 e. The zero-order chi connectivity index (χ0) is 15.9. The number of carbonyl (C=O) groups excluding carboxylic acids is 2. The second kappa shape index (κ2) is 5.74. The first-order valence-corrected chi connectivity index (χ1v) is 7.70. The van der Waals surface area contributed by atoms with Gasteiger partial charge in [0.05, 0.1) is 10.6 Å². The van der Waals surface area contributed by atoms with Crippen LogP contribution in [0.2, 0.25) is 5.02 Å². The number of Topliss-reactive ketones (excluding diaryl/α,β-unsaturated/α-hetero) is 1. The average molecular weight is 320 g/mol. The van der Waals surface area contributed by atoms with Gasteiger partial charge in [0.1, 0.15) is 0 Å². The van der Waals surface area contributed by atoms with E-state index < -0.39 is 0 Å². The minimum absolute atomic E-state index is 0.0393. The number of benzene rings is 1. The number of rotatable bonds is 2. The van der Waals surface area contributed by atoms with Gasteiger partial charge in [0.2, 0.25) is 0 Å². The van der Waals surface area contributed by atoms with Crippen LogP contribution >= 0.6 is 11.6 Å². The van der Waals surface area contributed by atoms with Gasteiger partial charge in [-0.1, -0.05) is 11.6 Å². The molecule has 1 unspecified atom stereocenters. The van der Waals surface area contributed by atoms with Crippen LogP contribution < -0.4 is 5.32 Å². The molecular formula is C16H18ClN3O2. The molecule has 22 heavy (non-hydrogen) atoms. The number of aromatic amines is 1. The standard InChI is InChI=1S/C16H18ClN3O2/c1-9-7-18-3-4-20(9)16(22)12-5-11-13(10(2)21)8-19-15(11)6-14(12)17/h5-6,8-9,18-19H,3-4,7H2,1-2H3. The lowest BCUT2D eigenvalue weighted by Crippen LogP contribution is -2.52. The third-order valence-electron chi connectivity index (χ3n) is 4.14. The SMILES string of the molecule is CC(=O)c1c[nH]c2cc(Cl)c(C(=O)N3CCNCC3C)cc12. The summed E-state index contributed by atoms with van der Waals surface area (Å²) >= 11 is 6.29. The van der Waals surface area contributed by atoms with Crippen molar-refractivity contribution in [3.05, 3.63) is 34.5 Å². The van der Waals surface area contributed by atoms with Crippen LogP contribution in [0.5, 0.6) is 0 Å².